The van der Waals surface area contributed by atoms with Crippen molar-refractivity contribution in [3.63, 3.8) is 0 Å². The molecule has 44 heavy (non-hydrogen) atoms. The van der Waals surface area contributed by atoms with Gasteiger partial charge in [-0.25, -0.2) is 23.7 Å². The number of hydrogen-bond acceptors (Lipinski definition) is 9. The molecule has 3 aliphatic rings. The van der Waals surface area contributed by atoms with Gasteiger partial charge in [0.25, 0.3) is 0 Å². The van der Waals surface area contributed by atoms with E-state index in [1.807, 2.05) is 31.5 Å². The molecule has 3 aliphatic heterocycles. The van der Waals surface area contributed by atoms with Crippen LogP contribution in [0, 0.1) is 18.6 Å². The van der Waals surface area contributed by atoms with Crippen molar-refractivity contribution in [2.75, 3.05) is 85.7 Å². The number of hydrogen-bond donors (Lipinski definition) is 1. The molecule has 230 valence electrons. The average molecular weight is 602 g/mol. The van der Waals surface area contributed by atoms with Gasteiger partial charge < -0.3 is 29.5 Å². The van der Waals surface area contributed by atoms with Crippen LogP contribution in [-0.4, -0.2) is 80.6 Å². The van der Waals surface area contributed by atoms with Crippen LogP contribution in [0.3, 0.4) is 0 Å². The van der Waals surface area contributed by atoms with E-state index in [0.717, 1.165) is 79.2 Å². The fourth-order valence-electron chi connectivity index (χ4n) is 6.37. The SMILES string of the molecule is Cc1c(-c2ccc(N3CCCCC3)nc2)nc2cc(F)cc(F)c2c1Nc1cc(N2CCOCC2)cnc1N1CCOCC1. The summed E-state index contributed by atoms with van der Waals surface area (Å²) in [6, 6.07) is 8.27. The molecule has 0 spiro atoms. The summed E-state index contributed by atoms with van der Waals surface area (Å²) in [4.78, 5) is 21.1. The Bertz CT molecular complexity index is 1630. The molecule has 11 heteroatoms. The third kappa shape index (κ3) is 5.73. The minimum absolute atomic E-state index is 0.232. The molecule has 9 nitrogen and oxygen atoms in total. The van der Waals surface area contributed by atoms with Gasteiger partial charge in [-0.3, -0.25) is 0 Å². The van der Waals surface area contributed by atoms with E-state index in [1.165, 1.54) is 12.5 Å². The standard InChI is InChI=1S/C33H37F2N7O2/c1-22-31(23-5-6-29(36-20-23)41-7-3-2-4-8-41)38-27-18-24(34)17-26(35)30(27)32(22)39-28-19-25(40-9-13-43-14-10-40)21-37-33(28)42-11-15-44-16-12-42/h5-6,17-21H,2-4,7-16H2,1H3,(H,38,39). The molecule has 0 atom stereocenters. The van der Waals surface area contributed by atoms with Crippen LogP contribution >= 0.6 is 0 Å². The third-order valence-corrected chi connectivity index (χ3v) is 8.75. The molecule has 6 heterocycles. The second-order valence-electron chi connectivity index (χ2n) is 11.6. The van der Waals surface area contributed by atoms with Gasteiger partial charge >= 0.3 is 0 Å². The Labute approximate surface area is 255 Å². The van der Waals surface area contributed by atoms with Gasteiger partial charge in [-0.15, -0.1) is 0 Å². The van der Waals surface area contributed by atoms with Gasteiger partial charge in [0.15, 0.2) is 5.82 Å². The normalized spacial score (nSPS) is 17.8. The molecular formula is C33H37F2N7O2. The highest BCUT2D eigenvalue weighted by molar-refractivity contribution is 5.99. The highest BCUT2D eigenvalue weighted by atomic mass is 19.1. The smallest absolute Gasteiger partial charge is 0.152 e. The van der Waals surface area contributed by atoms with Crippen molar-refractivity contribution in [1.82, 2.24) is 15.0 Å². The van der Waals surface area contributed by atoms with Crippen LogP contribution in [-0.2, 0) is 9.47 Å². The van der Waals surface area contributed by atoms with E-state index in [0.29, 0.717) is 50.9 Å². The predicted octanol–water partition coefficient (Wildman–Crippen LogP) is 5.69. The first kappa shape index (κ1) is 28.7. The van der Waals surface area contributed by atoms with Gasteiger partial charge in [0.2, 0.25) is 0 Å². The topological polar surface area (TPSA) is 78.9 Å². The van der Waals surface area contributed by atoms with Crippen LogP contribution in [0.1, 0.15) is 24.8 Å². The molecule has 4 aromatic rings. The third-order valence-electron chi connectivity index (χ3n) is 8.75. The van der Waals surface area contributed by atoms with E-state index in [-0.39, 0.29) is 10.9 Å². The number of piperidine rings is 1. The first-order chi connectivity index (χ1) is 21.5. The van der Waals surface area contributed by atoms with Gasteiger partial charge in [-0.05, 0) is 49.9 Å². The maximum atomic E-state index is 15.6. The van der Waals surface area contributed by atoms with Crippen LogP contribution in [0.5, 0.6) is 0 Å². The number of ether oxygens (including phenoxy) is 2. The van der Waals surface area contributed by atoms with Gasteiger partial charge in [0.1, 0.15) is 17.5 Å². The summed E-state index contributed by atoms with van der Waals surface area (Å²) in [5.41, 5.74) is 4.58. The fourth-order valence-corrected chi connectivity index (χ4v) is 6.37. The Kier molecular flexibility index (Phi) is 8.14. The molecule has 0 amide bonds. The van der Waals surface area contributed by atoms with Crippen LogP contribution in [0.2, 0.25) is 0 Å². The highest BCUT2D eigenvalue weighted by Gasteiger charge is 2.23. The zero-order chi connectivity index (χ0) is 30.0. The van der Waals surface area contributed by atoms with E-state index in [1.54, 1.807) is 0 Å². The van der Waals surface area contributed by atoms with E-state index >= 15 is 4.39 Å². The number of pyridine rings is 3. The van der Waals surface area contributed by atoms with Crippen molar-refractivity contribution in [3.05, 3.63) is 59.9 Å². The molecule has 3 aromatic heterocycles. The molecule has 1 N–H and O–H groups in total. The maximum Gasteiger partial charge on any atom is 0.152 e. The van der Waals surface area contributed by atoms with Crippen molar-refractivity contribution in [1.29, 1.82) is 0 Å². The number of anilines is 5. The average Bonchev–Trinajstić information content (AvgIpc) is 3.07. The van der Waals surface area contributed by atoms with Crippen molar-refractivity contribution in [3.8, 4) is 11.3 Å². The first-order valence-electron chi connectivity index (χ1n) is 15.5. The fraction of sp³-hybridized carbons (Fsp3) is 0.424. The molecule has 3 saturated heterocycles. The summed E-state index contributed by atoms with van der Waals surface area (Å²) >= 11 is 0. The Morgan fingerprint density at radius 3 is 2.20 bits per heavy atom. The Balaban J connectivity index is 1.33. The zero-order valence-corrected chi connectivity index (χ0v) is 25.0. The summed E-state index contributed by atoms with van der Waals surface area (Å²) in [5, 5.41) is 3.79. The van der Waals surface area contributed by atoms with E-state index in [4.69, 9.17) is 24.4 Å². The summed E-state index contributed by atoms with van der Waals surface area (Å²) in [6.45, 7) is 9.29. The van der Waals surface area contributed by atoms with Gasteiger partial charge in [-0.2, -0.15) is 0 Å². The van der Waals surface area contributed by atoms with Crippen LogP contribution in [0.4, 0.5) is 37.5 Å². The number of benzene rings is 1. The molecule has 0 unspecified atom stereocenters. The van der Waals surface area contributed by atoms with E-state index in [9.17, 15) is 4.39 Å². The lowest BCUT2D eigenvalue weighted by molar-refractivity contribution is 0.122. The monoisotopic (exact) mass is 601 g/mol. The largest absolute Gasteiger partial charge is 0.378 e. The number of nitrogens with zero attached hydrogens (tertiary/aromatic N) is 6. The minimum atomic E-state index is -0.674. The van der Waals surface area contributed by atoms with Crippen LogP contribution < -0.4 is 20.0 Å². The quantitative estimate of drug-likeness (QED) is 0.300. The van der Waals surface area contributed by atoms with Gasteiger partial charge in [0.05, 0.1) is 66.3 Å². The Morgan fingerprint density at radius 1 is 0.773 bits per heavy atom. The molecule has 3 fully saturated rings. The lowest BCUT2D eigenvalue weighted by Gasteiger charge is -2.32. The van der Waals surface area contributed by atoms with Crippen molar-refractivity contribution in [2.45, 2.75) is 26.2 Å². The number of nitrogens with one attached hydrogen (secondary N) is 1. The first-order valence-corrected chi connectivity index (χ1v) is 15.5. The summed E-state index contributed by atoms with van der Waals surface area (Å²) < 4.78 is 41.3. The van der Waals surface area contributed by atoms with Gasteiger partial charge in [-0.1, -0.05) is 0 Å². The van der Waals surface area contributed by atoms with Crippen LogP contribution in [0.15, 0.2) is 42.7 Å². The van der Waals surface area contributed by atoms with Crippen molar-refractivity contribution < 1.29 is 18.3 Å². The summed E-state index contributed by atoms with van der Waals surface area (Å²) in [6.07, 6.45) is 7.26. The molecule has 7 rings (SSSR count). The van der Waals surface area contributed by atoms with Crippen molar-refractivity contribution >= 4 is 39.6 Å². The molecule has 0 aliphatic carbocycles. The zero-order valence-electron chi connectivity index (χ0n) is 25.0. The number of rotatable bonds is 6. The molecule has 0 saturated carbocycles. The Hall–Kier alpha value is -4.09. The second-order valence-corrected chi connectivity index (χ2v) is 11.6. The lowest BCUT2D eigenvalue weighted by Crippen LogP contribution is -2.38. The van der Waals surface area contributed by atoms with Crippen LogP contribution in [0.25, 0.3) is 22.2 Å². The molecule has 1 aromatic carbocycles. The highest BCUT2D eigenvalue weighted by Crippen LogP contribution is 2.40. The number of morpholine rings is 2. The number of fused-ring (bicyclic) bond motifs is 1. The van der Waals surface area contributed by atoms with Crippen molar-refractivity contribution in [2.24, 2.45) is 0 Å². The summed E-state index contributed by atoms with van der Waals surface area (Å²) in [5.74, 6) is 0.343. The van der Waals surface area contributed by atoms with Gasteiger partial charge in [0, 0.05) is 63.2 Å². The predicted molar refractivity (Wildman–Crippen MR) is 169 cm³/mol. The van der Waals surface area contributed by atoms with E-state index in [2.05, 4.69) is 26.1 Å². The maximum absolute atomic E-state index is 15.6. The summed E-state index contributed by atoms with van der Waals surface area (Å²) in [7, 11) is 0. The molecule has 0 radical (unpaired) electrons. The molecule has 0 bridgehead atoms. The van der Waals surface area contributed by atoms with E-state index < -0.39 is 11.6 Å². The lowest BCUT2D eigenvalue weighted by atomic mass is 10.0. The number of halogens is 2. The Morgan fingerprint density at radius 2 is 1.50 bits per heavy atom. The molecular weight excluding hydrogens is 564 g/mol. The number of aromatic nitrogens is 3. The second kappa shape index (κ2) is 12.5. The minimum Gasteiger partial charge on any atom is -0.378 e.